The summed E-state index contributed by atoms with van der Waals surface area (Å²) in [5, 5.41) is 4.25. The molecule has 1 atom stereocenters. The van der Waals surface area contributed by atoms with Crippen molar-refractivity contribution in [3.63, 3.8) is 0 Å². The molecule has 0 saturated heterocycles. The van der Waals surface area contributed by atoms with Crippen LogP contribution in [0.15, 0.2) is 29.2 Å². The van der Waals surface area contributed by atoms with Gasteiger partial charge < -0.3 is 5.73 Å². The fraction of sp³-hybridized carbons (Fsp3) is 0.500. The minimum absolute atomic E-state index is 0.0464. The van der Waals surface area contributed by atoms with E-state index >= 15 is 0 Å². The summed E-state index contributed by atoms with van der Waals surface area (Å²) >= 11 is 0. The van der Waals surface area contributed by atoms with Gasteiger partial charge in [-0.1, -0.05) is 26.8 Å². The molecule has 5 heteroatoms. The number of hydrogen-bond donors (Lipinski definition) is 1. The molecule has 2 heterocycles. The average molecular weight is 234 g/mol. The molecule has 2 aromatic heterocycles. The van der Waals surface area contributed by atoms with Crippen molar-refractivity contribution in [3.05, 3.63) is 34.9 Å². The van der Waals surface area contributed by atoms with Crippen molar-refractivity contribution in [2.75, 3.05) is 0 Å². The van der Waals surface area contributed by atoms with E-state index < -0.39 is 0 Å². The van der Waals surface area contributed by atoms with Crippen molar-refractivity contribution < 1.29 is 0 Å². The molecule has 0 saturated carbocycles. The van der Waals surface area contributed by atoms with Gasteiger partial charge in [-0.15, -0.1) is 5.10 Å². The van der Waals surface area contributed by atoms with Crippen LogP contribution >= 0.6 is 0 Å². The largest absolute Gasteiger partial charge is 0.350 e. The smallest absolute Gasteiger partial charge is 0.326 e. The van der Waals surface area contributed by atoms with Gasteiger partial charge in [0.25, 0.3) is 0 Å². The van der Waals surface area contributed by atoms with Crippen LogP contribution in [0, 0.1) is 5.41 Å². The molecule has 0 spiro atoms. The standard InChI is InChI=1S/C12H18N4O/c1-12(2,3)9(13)8-16-11(17)15-7-5-4-6-10(15)14-16/h4-7,9H,8,13H2,1-3H3. The summed E-state index contributed by atoms with van der Waals surface area (Å²) in [6.07, 6.45) is 1.71. The Morgan fingerprint density at radius 3 is 2.71 bits per heavy atom. The molecule has 92 valence electrons. The van der Waals surface area contributed by atoms with Crippen molar-refractivity contribution in [2.24, 2.45) is 11.1 Å². The monoisotopic (exact) mass is 234 g/mol. The van der Waals surface area contributed by atoms with E-state index in [1.807, 2.05) is 12.1 Å². The summed E-state index contributed by atoms with van der Waals surface area (Å²) in [6.45, 7) is 6.60. The van der Waals surface area contributed by atoms with Gasteiger partial charge in [-0.3, -0.25) is 4.40 Å². The maximum absolute atomic E-state index is 12.0. The van der Waals surface area contributed by atoms with Crippen LogP contribution in [0.3, 0.4) is 0 Å². The van der Waals surface area contributed by atoms with Crippen LogP contribution in [-0.4, -0.2) is 20.2 Å². The maximum Gasteiger partial charge on any atom is 0.350 e. The van der Waals surface area contributed by atoms with E-state index in [0.29, 0.717) is 12.2 Å². The molecule has 17 heavy (non-hydrogen) atoms. The summed E-state index contributed by atoms with van der Waals surface area (Å²) in [7, 11) is 0. The fourth-order valence-corrected chi connectivity index (χ4v) is 1.55. The van der Waals surface area contributed by atoms with Crippen LogP contribution in [0.25, 0.3) is 5.65 Å². The highest BCUT2D eigenvalue weighted by atomic mass is 16.2. The third-order valence-corrected chi connectivity index (χ3v) is 2.97. The lowest BCUT2D eigenvalue weighted by atomic mass is 9.87. The fourth-order valence-electron chi connectivity index (χ4n) is 1.55. The van der Waals surface area contributed by atoms with Gasteiger partial charge in [0.05, 0.1) is 6.54 Å². The Morgan fingerprint density at radius 2 is 2.12 bits per heavy atom. The lowest BCUT2D eigenvalue weighted by Gasteiger charge is -2.26. The Morgan fingerprint density at radius 1 is 1.41 bits per heavy atom. The highest BCUT2D eigenvalue weighted by Crippen LogP contribution is 2.17. The summed E-state index contributed by atoms with van der Waals surface area (Å²) < 4.78 is 2.96. The first-order valence-corrected chi connectivity index (χ1v) is 5.69. The van der Waals surface area contributed by atoms with Gasteiger partial charge in [0.2, 0.25) is 0 Å². The second-order valence-corrected chi connectivity index (χ2v) is 5.37. The van der Waals surface area contributed by atoms with Gasteiger partial charge in [-0.2, -0.15) is 0 Å². The van der Waals surface area contributed by atoms with E-state index in [1.54, 1.807) is 12.3 Å². The lowest BCUT2D eigenvalue weighted by molar-refractivity contribution is 0.281. The Kier molecular flexibility index (Phi) is 2.79. The van der Waals surface area contributed by atoms with Gasteiger partial charge >= 0.3 is 5.69 Å². The van der Waals surface area contributed by atoms with Crippen LogP contribution in [0.1, 0.15) is 20.8 Å². The SMILES string of the molecule is CC(C)(C)C(N)Cn1nc2ccccn2c1=O. The van der Waals surface area contributed by atoms with Crippen molar-refractivity contribution in [2.45, 2.75) is 33.4 Å². The molecular formula is C12H18N4O. The molecule has 0 aliphatic rings. The number of aromatic nitrogens is 3. The summed E-state index contributed by atoms with van der Waals surface area (Å²) in [6, 6.07) is 5.37. The maximum atomic E-state index is 12.0. The molecule has 2 aromatic rings. The molecule has 0 bridgehead atoms. The highest BCUT2D eigenvalue weighted by molar-refractivity contribution is 5.35. The van der Waals surface area contributed by atoms with Crippen molar-refractivity contribution >= 4 is 5.65 Å². The van der Waals surface area contributed by atoms with Crippen LogP contribution in [0.4, 0.5) is 0 Å². The van der Waals surface area contributed by atoms with Gasteiger partial charge in [-0.25, -0.2) is 9.48 Å². The van der Waals surface area contributed by atoms with E-state index in [1.165, 1.54) is 9.08 Å². The van der Waals surface area contributed by atoms with Crippen molar-refractivity contribution in [1.82, 2.24) is 14.2 Å². The van der Waals surface area contributed by atoms with Gasteiger partial charge in [0.1, 0.15) is 0 Å². The Hall–Kier alpha value is -1.62. The van der Waals surface area contributed by atoms with E-state index in [2.05, 4.69) is 25.9 Å². The number of rotatable bonds is 2. The zero-order valence-corrected chi connectivity index (χ0v) is 10.4. The van der Waals surface area contributed by atoms with Crippen molar-refractivity contribution in [3.8, 4) is 0 Å². The Bertz CT molecular complexity index is 576. The number of nitrogens with zero attached hydrogens (tertiary/aromatic N) is 3. The summed E-state index contributed by atoms with van der Waals surface area (Å²) in [5.41, 5.74) is 6.53. The second-order valence-electron chi connectivity index (χ2n) is 5.37. The van der Waals surface area contributed by atoms with E-state index in [4.69, 9.17) is 5.73 Å². The van der Waals surface area contributed by atoms with Crippen molar-refractivity contribution in [1.29, 1.82) is 0 Å². The highest BCUT2D eigenvalue weighted by Gasteiger charge is 2.22. The Labute approximate surface area is 99.9 Å². The predicted molar refractivity (Wildman–Crippen MR) is 66.9 cm³/mol. The topological polar surface area (TPSA) is 65.3 Å². The lowest BCUT2D eigenvalue weighted by Crippen LogP contribution is -2.41. The molecule has 0 aliphatic heterocycles. The van der Waals surface area contributed by atoms with Crippen LogP contribution < -0.4 is 11.4 Å². The molecule has 2 rings (SSSR count). The first kappa shape index (κ1) is 11.9. The summed E-state index contributed by atoms with van der Waals surface area (Å²) in [4.78, 5) is 12.0. The molecule has 0 fully saturated rings. The molecule has 0 radical (unpaired) electrons. The number of fused-ring (bicyclic) bond motifs is 1. The van der Waals surface area contributed by atoms with Crippen LogP contribution in [0.5, 0.6) is 0 Å². The number of hydrogen-bond acceptors (Lipinski definition) is 3. The molecule has 0 aliphatic carbocycles. The van der Waals surface area contributed by atoms with E-state index in [-0.39, 0.29) is 17.1 Å². The van der Waals surface area contributed by atoms with Gasteiger partial charge in [0.15, 0.2) is 5.65 Å². The molecule has 0 amide bonds. The van der Waals surface area contributed by atoms with Crippen LogP contribution in [0.2, 0.25) is 0 Å². The average Bonchev–Trinajstić information content (AvgIpc) is 2.55. The minimum Gasteiger partial charge on any atom is -0.326 e. The van der Waals surface area contributed by atoms with Gasteiger partial charge in [-0.05, 0) is 17.5 Å². The second kappa shape index (κ2) is 4.00. The number of nitrogens with two attached hydrogens (primary N) is 1. The quantitative estimate of drug-likeness (QED) is 0.838. The normalized spacial score (nSPS) is 14.1. The number of pyridine rings is 1. The molecule has 1 unspecified atom stereocenters. The first-order chi connectivity index (χ1) is 7.89. The molecular weight excluding hydrogens is 216 g/mol. The summed E-state index contributed by atoms with van der Waals surface area (Å²) in [5.74, 6) is 0. The molecule has 0 aromatic carbocycles. The predicted octanol–water partition coefficient (Wildman–Crippen LogP) is 0.869. The first-order valence-electron chi connectivity index (χ1n) is 5.69. The zero-order chi connectivity index (χ0) is 12.6. The minimum atomic E-state index is -0.139. The van der Waals surface area contributed by atoms with Crippen LogP contribution in [-0.2, 0) is 6.54 Å². The van der Waals surface area contributed by atoms with Gasteiger partial charge in [0, 0.05) is 12.2 Å². The molecule has 5 nitrogen and oxygen atoms in total. The van der Waals surface area contributed by atoms with E-state index in [0.717, 1.165) is 0 Å². The van der Waals surface area contributed by atoms with E-state index in [9.17, 15) is 4.79 Å². The zero-order valence-electron chi connectivity index (χ0n) is 10.4. The third-order valence-electron chi connectivity index (χ3n) is 2.97. The molecule has 2 N–H and O–H groups in total. The Balaban J connectivity index is 2.38. The third kappa shape index (κ3) is 2.24.